The fourth-order valence-corrected chi connectivity index (χ4v) is 7.31. The van der Waals surface area contributed by atoms with E-state index >= 15 is 0 Å². The number of thiazole rings is 1. The van der Waals surface area contributed by atoms with E-state index in [4.69, 9.17) is 24.7 Å². The molecule has 1 N–H and O–H groups in total. The summed E-state index contributed by atoms with van der Waals surface area (Å²) < 4.78 is 13.8. The zero-order valence-electron chi connectivity index (χ0n) is 29.0. The van der Waals surface area contributed by atoms with E-state index in [1.807, 2.05) is 18.7 Å². The van der Waals surface area contributed by atoms with Crippen LogP contribution in [-0.2, 0) is 27.7 Å². The molecule has 6 rings (SSSR count). The van der Waals surface area contributed by atoms with Crippen LogP contribution in [-0.4, -0.2) is 76.3 Å². The Balaban J connectivity index is 0.000000807. The number of fused-ring (bicyclic) bond motifs is 2. The van der Waals surface area contributed by atoms with Crippen molar-refractivity contribution in [3.05, 3.63) is 70.9 Å². The third-order valence-corrected chi connectivity index (χ3v) is 9.51. The predicted molar refractivity (Wildman–Crippen MR) is 192 cm³/mol. The molecule has 1 unspecified atom stereocenters. The molecule has 0 bridgehead atoms. The summed E-state index contributed by atoms with van der Waals surface area (Å²) in [5.74, 6) is 0.192. The fourth-order valence-electron chi connectivity index (χ4n) is 6.18. The molecule has 1 atom stereocenters. The molecule has 2 aromatic heterocycles. The Morgan fingerprint density at radius 2 is 1.79 bits per heavy atom. The van der Waals surface area contributed by atoms with Gasteiger partial charge in [0.05, 0.1) is 46.7 Å². The molecule has 1 aliphatic heterocycles. The smallest absolute Gasteiger partial charge is 0.310 e. The molecule has 1 saturated heterocycles. The Labute approximate surface area is 282 Å². The summed E-state index contributed by atoms with van der Waals surface area (Å²) in [5, 5.41) is 15.7. The van der Waals surface area contributed by atoms with Crippen LogP contribution in [0.15, 0.2) is 48.5 Å². The molecule has 1 aliphatic rings. The van der Waals surface area contributed by atoms with E-state index in [1.54, 1.807) is 39.2 Å². The van der Waals surface area contributed by atoms with E-state index in [0.717, 1.165) is 81.2 Å². The topological polar surface area (TPSA) is 89.7 Å². The number of likely N-dealkylation sites (tertiary alicyclic amines) is 1. The Hall–Kier alpha value is -3.63. The minimum absolute atomic E-state index is 0.208. The molecule has 9 heteroatoms. The lowest BCUT2D eigenvalue weighted by Crippen LogP contribution is -2.24. The SMILES string of the molecule is CC(C)(C)O.CCOC(=O)Cc1c(C)cc2nc(-c3ccc4c(c3)c(C3CCN(CCOC)C3)nn4C)sc2c1-c1ccc(C)cc1. The number of aliphatic hydroxyl groups is 1. The monoisotopic (exact) mass is 656 g/mol. The molecule has 0 aliphatic carbocycles. The van der Waals surface area contributed by atoms with E-state index in [9.17, 15) is 4.79 Å². The number of carbonyl (C=O) groups excluding carboxylic acids is 1. The molecule has 0 spiro atoms. The molecular formula is C38H48N4O4S. The third-order valence-electron chi connectivity index (χ3n) is 8.37. The summed E-state index contributed by atoms with van der Waals surface area (Å²) >= 11 is 1.69. The van der Waals surface area contributed by atoms with Crippen LogP contribution in [0.2, 0.25) is 0 Å². The highest BCUT2D eigenvalue weighted by Crippen LogP contribution is 2.42. The lowest BCUT2D eigenvalue weighted by atomic mass is 9.93. The summed E-state index contributed by atoms with van der Waals surface area (Å²) in [7, 11) is 3.79. The number of rotatable bonds is 9. The van der Waals surface area contributed by atoms with E-state index < -0.39 is 5.60 Å². The second kappa shape index (κ2) is 14.6. The average molecular weight is 657 g/mol. The van der Waals surface area contributed by atoms with Gasteiger partial charge in [-0.05, 0) is 95.5 Å². The lowest BCUT2D eigenvalue weighted by Gasteiger charge is -2.14. The van der Waals surface area contributed by atoms with Gasteiger partial charge in [-0.15, -0.1) is 11.3 Å². The first-order valence-corrected chi connectivity index (χ1v) is 17.2. The van der Waals surface area contributed by atoms with E-state index in [2.05, 4.69) is 67.3 Å². The van der Waals surface area contributed by atoms with Gasteiger partial charge >= 0.3 is 5.97 Å². The summed E-state index contributed by atoms with van der Waals surface area (Å²) in [6, 6.07) is 17.2. The first kappa shape index (κ1) is 34.7. The van der Waals surface area contributed by atoms with Crippen LogP contribution >= 0.6 is 11.3 Å². The molecule has 0 saturated carbocycles. The van der Waals surface area contributed by atoms with Crippen LogP contribution in [0.1, 0.15) is 62.4 Å². The number of hydrogen-bond acceptors (Lipinski definition) is 8. The minimum atomic E-state index is -0.500. The van der Waals surface area contributed by atoms with Crippen LogP contribution in [0.25, 0.3) is 42.8 Å². The number of ether oxygens (including phenoxy) is 2. The highest BCUT2D eigenvalue weighted by molar-refractivity contribution is 7.22. The van der Waals surface area contributed by atoms with Crippen molar-refractivity contribution in [2.45, 2.75) is 65.9 Å². The molecule has 3 heterocycles. The molecule has 1 fully saturated rings. The summed E-state index contributed by atoms with van der Waals surface area (Å²) in [6.45, 7) is 15.4. The van der Waals surface area contributed by atoms with Crippen LogP contribution in [0.3, 0.4) is 0 Å². The van der Waals surface area contributed by atoms with Crippen LogP contribution < -0.4 is 0 Å². The quantitative estimate of drug-likeness (QED) is 0.165. The molecule has 47 heavy (non-hydrogen) atoms. The highest BCUT2D eigenvalue weighted by atomic mass is 32.1. The molecule has 5 aromatic rings. The van der Waals surface area contributed by atoms with Gasteiger partial charge in [-0.3, -0.25) is 9.48 Å². The maximum absolute atomic E-state index is 12.7. The Kier molecular flexibility index (Phi) is 10.8. The normalized spacial score (nSPS) is 15.3. The standard InChI is InChI=1S/C34H38N4O3S.C4H10O/c1-6-41-30(39)19-26-22(3)17-28-33(31(26)23-9-7-21(2)8-10-23)42-34(35-28)24-11-12-29-27(18-24)32(36-37(29)4)25-13-14-38(20-25)15-16-40-5;1-4(2,3)5/h7-12,17-18,25H,6,13-16,19-20H2,1-5H3;5H,1-3H3. The molecule has 0 amide bonds. The first-order valence-electron chi connectivity index (χ1n) is 16.4. The average Bonchev–Trinajstić information content (AvgIpc) is 3.73. The molecular weight excluding hydrogens is 609 g/mol. The van der Waals surface area contributed by atoms with Crippen molar-refractivity contribution in [3.63, 3.8) is 0 Å². The maximum Gasteiger partial charge on any atom is 0.310 e. The highest BCUT2D eigenvalue weighted by Gasteiger charge is 2.28. The van der Waals surface area contributed by atoms with Crippen molar-refractivity contribution >= 4 is 38.4 Å². The molecule has 250 valence electrons. The lowest BCUT2D eigenvalue weighted by molar-refractivity contribution is -0.142. The van der Waals surface area contributed by atoms with Gasteiger partial charge in [-0.1, -0.05) is 29.8 Å². The molecule has 0 radical (unpaired) electrons. The van der Waals surface area contributed by atoms with Gasteiger partial charge in [0, 0.05) is 49.7 Å². The zero-order valence-corrected chi connectivity index (χ0v) is 29.8. The minimum Gasteiger partial charge on any atom is -0.466 e. The number of aromatic nitrogens is 3. The van der Waals surface area contributed by atoms with Crippen molar-refractivity contribution in [1.82, 2.24) is 19.7 Å². The Morgan fingerprint density at radius 1 is 1.09 bits per heavy atom. The van der Waals surface area contributed by atoms with Crippen molar-refractivity contribution < 1.29 is 19.4 Å². The number of methoxy groups -OCH3 is 1. The van der Waals surface area contributed by atoms with Crippen molar-refractivity contribution in [3.8, 4) is 21.7 Å². The number of hydrogen-bond donors (Lipinski definition) is 1. The second-order valence-electron chi connectivity index (χ2n) is 13.5. The molecule has 3 aromatic carbocycles. The van der Waals surface area contributed by atoms with Crippen LogP contribution in [0.4, 0.5) is 0 Å². The zero-order chi connectivity index (χ0) is 33.9. The van der Waals surface area contributed by atoms with Crippen molar-refractivity contribution in [2.24, 2.45) is 7.05 Å². The van der Waals surface area contributed by atoms with Crippen molar-refractivity contribution in [1.29, 1.82) is 0 Å². The fraction of sp³-hybridized carbons (Fsp3) is 0.447. The first-order chi connectivity index (χ1) is 22.4. The van der Waals surface area contributed by atoms with Gasteiger partial charge in [-0.25, -0.2) is 4.98 Å². The van der Waals surface area contributed by atoms with Crippen molar-refractivity contribution in [2.75, 3.05) is 40.0 Å². The Bertz CT molecular complexity index is 1850. The number of esters is 1. The van der Waals surface area contributed by atoms with Crippen LogP contribution in [0.5, 0.6) is 0 Å². The summed E-state index contributed by atoms with van der Waals surface area (Å²) in [4.78, 5) is 20.3. The maximum atomic E-state index is 12.7. The largest absolute Gasteiger partial charge is 0.466 e. The Morgan fingerprint density at radius 3 is 2.47 bits per heavy atom. The van der Waals surface area contributed by atoms with Gasteiger partial charge in [0.1, 0.15) is 5.01 Å². The third kappa shape index (κ3) is 8.27. The van der Waals surface area contributed by atoms with E-state index in [-0.39, 0.29) is 12.4 Å². The number of benzene rings is 3. The van der Waals surface area contributed by atoms with Gasteiger partial charge in [-0.2, -0.15) is 5.10 Å². The number of aryl methyl sites for hydroxylation is 3. The predicted octanol–water partition coefficient (Wildman–Crippen LogP) is 7.45. The van der Waals surface area contributed by atoms with Gasteiger partial charge < -0.3 is 19.5 Å². The summed E-state index contributed by atoms with van der Waals surface area (Å²) in [5.41, 5.74) is 9.26. The van der Waals surface area contributed by atoms with Gasteiger partial charge in [0.15, 0.2) is 0 Å². The van der Waals surface area contributed by atoms with E-state index in [0.29, 0.717) is 12.5 Å². The molecule has 8 nitrogen and oxygen atoms in total. The number of carbonyl (C=O) groups is 1. The van der Waals surface area contributed by atoms with Crippen LogP contribution in [0, 0.1) is 13.8 Å². The van der Waals surface area contributed by atoms with Gasteiger partial charge in [0.2, 0.25) is 0 Å². The second-order valence-corrected chi connectivity index (χ2v) is 14.5. The number of nitrogens with zero attached hydrogens (tertiary/aromatic N) is 4. The summed E-state index contributed by atoms with van der Waals surface area (Å²) in [6.07, 6.45) is 1.34. The van der Waals surface area contributed by atoms with E-state index in [1.165, 1.54) is 16.6 Å². The van der Waals surface area contributed by atoms with Gasteiger partial charge in [0.25, 0.3) is 0 Å².